The molecule has 0 N–H and O–H groups in total. The average Bonchev–Trinajstić information content (AvgIpc) is 3.11. The minimum atomic E-state index is -0.0258. The summed E-state index contributed by atoms with van der Waals surface area (Å²) >= 11 is 0. The second-order valence-corrected chi connectivity index (χ2v) is 13.7. The maximum absolute atomic E-state index is 12.2. The number of fused-ring (bicyclic) bond motifs is 5. The van der Waals surface area contributed by atoms with E-state index in [0.29, 0.717) is 10.8 Å². The number of carbonyl (C=O) groups excluding carboxylic acids is 1. The summed E-state index contributed by atoms with van der Waals surface area (Å²) < 4.78 is 5.88. The van der Waals surface area contributed by atoms with E-state index in [1.54, 1.807) is 5.57 Å². The van der Waals surface area contributed by atoms with Gasteiger partial charge in [0.1, 0.15) is 6.10 Å². The van der Waals surface area contributed by atoms with Crippen LogP contribution in [0.5, 0.6) is 0 Å². The van der Waals surface area contributed by atoms with Crippen LogP contribution in [0.4, 0.5) is 0 Å². The molecule has 3 fully saturated rings. The summed E-state index contributed by atoms with van der Waals surface area (Å²) in [5, 5.41) is 0. The second-order valence-electron chi connectivity index (χ2n) is 13.7. The van der Waals surface area contributed by atoms with Gasteiger partial charge in [0.25, 0.3) is 0 Å². The van der Waals surface area contributed by atoms with Crippen LogP contribution in [0.15, 0.2) is 11.6 Å². The van der Waals surface area contributed by atoms with Gasteiger partial charge < -0.3 is 4.74 Å². The molecule has 4 rings (SSSR count). The first-order valence-electron chi connectivity index (χ1n) is 14.5. The Labute approximate surface area is 204 Å². The first-order chi connectivity index (χ1) is 15.6. The van der Waals surface area contributed by atoms with Gasteiger partial charge in [-0.1, -0.05) is 79.4 Å². The number of esters is 1. The van der Waals surface area contributed by atoms with E-state index in [0.717, 1.165) is 48.3 Å². The minimum Gasteiger partial charge on any atom is -0.462 e. The summed E-state index contributed by atoms with van der Waals surface area (Å²) in [6, 6.07) is 0. The third-order valence-corrected chi connectivity index (χ3v) is 11.0. The van der Waals surface area contributed by atoms with Crippen LogP contribution >= 0.6 is 0 Å². The lowest BCUT2D eigenvalue weighted by atomic mass is 9.47. The molecule has 188 valence electrons. The largest absolute Gasteiger partial charge is 0.462 e. The quantitative estimate of drug-likeness (QED) is 0.283. The first-order valence-corrected chi connectivity index (χ1v) is 14.5. The van der Waals surface area contributed by atoms with E-state index >= 15 is 0 Å². The zero-order chi connectivity index (χ0) is 24.0. The molecular weight excluding hydrogens is 404 g/mol. The highest BCUT2D eigenvalue weighted by Gasteiger charge is 2.59. The molecule has 0 spiro atoms. The first kappa shape index (κ1) is 25.3. The summed E-state index contributed by atoms with van der Waals surface area (Å²) in [7, 11) is 0. The highest BCUT2D eigenvalue weighted by Crippen LogP contribution is 2.67. The van der Waals surface area contributed by atoms with Crippen LogP contribution in [0.25, 0.3) is 0 Å². The fourth-order valence-corrected chi connectivity index (χ4v) is 9.05. The summed E-state index contributed by atoms with van der Waals surface area (Å²) in [5.74, 6) is 5.24. The standard InChI is InChI=1S/C31H52O2/c1-20(2)9-8-10-22(5)26-13-14-27-25-12-11-23-19-24(33-29(32)21(3)4)15-17-30(23,6)28(25)16-18-31(26,27)7/h11,20-22,24-28H,8-10,12-19H2,1-7H3/t22-,24?,25?,26-,27?,28?,30+,31-/m1/s1. The van der Waals surface area contributed by atoms with E-state index in [1.165, 1.54) is 57.8 Å². The Bertz CT molecular complexity index is 735. The van der Waals surface area contributed by atoms with Gasteiger partial charge in [-0.3, -0.25) is 4.79 Å². The van der Waals surface area contributed by atoms with Crippen molar-refractivity contribution in [3.8, 4) is 0 Å². The zero-order valence-electron chi connectivity index (χ0n) is 22.8. The Hall–Kier alpha value is -0.790. The number of ether oxygens (including phenoxy) is 1. The minimum absolute atomic E-state index is 0.0224. The van der Waals surface area contributed by atoms with E-state index in [4.69, 9.17) is 4.74 Å². The maximum atomic E-state index is 12.2. The van der Waals surface area contributed by atoms with Gasteiger partial charge in [0.15, 0.2) is 0 Å². The van der Waals surface area contributed by atoms with Gasteiger partial charge in [-0.25, -0.2) is 0 Å². The molecule has 0 heterocycles. The average molecular weight is 457 g/mol. The Morgan fingerprint density at radius 1 is 1.00 bits per heavy atom. The highest BCUT2D eigenvalue weighted by molar-refractivity contribution is 5.71. The molecule has 33 heavy (non-hydrogen) atoms. The van der Waals surface area contributed by atoms with Crippen molar-refractivity contribution >= 4 is 5.97 Å². The van der Waals surface area contributed by atoms with Crippen molar-refractivity contribution in [2.24, 2.45) is 52.3 Å². The van der Waals surface area contributed by atoms with Gasteiger partial charge in [-0.2, -0.15) is 0 Å². The fraction of sp³-hybridized carbons (Fsp3) is 0.903. The van der Waals surface area contributed by atoms with Crippen molar-refractivity contribution in [2.45, 2.75) is 125 Å². The van der Waals surface area contributed by atoms with Crippen molar-refractivity contribution in [3.63, 3.8) is 0 Å². The van der Waals surface area contributed by atoms with Gasteiger partial charge in [0, 0.05) is 6.42 Å². The summed E-state index contributed by atoms with van der Waals surface area (Å²) in [6.45, 7) is 16.5. The predicted molar refractivity (Wildman–Crippen MR) is 138 cm³/mol. The maximum Gasteiger partial charge on any atom is 0.308 e. The van der Waals surface area contributed by atoms with Gasteiger partial charge >= 0.3 is 5.97 Å². The second kappa shape index (κ2) is 9.69. The molecule has 2 heteroatoms. The number of hydrogen-bond donors (Lipinski definition) is 0. The molecule has 4 unspecified atom stereocenters. The van der Waals surface area contributed by atoms with Crippen LogP contribution in [0, 0.1) is 52.3 Å². The topological polar surface area (TPSA) is 26.3 Å². The molecule has 3 saturated carbocycles. The van der Waals surface area contributed by atoms with E-state index in [2.05, 4.69) is 40.7 Å². The monoisotopic (exact) mass is 456 g/mol. The third kappa shape index (κ3) is 4.71. The molecule has 0 amide bonds. The number of rotatable bonds is 7. The molecule has 0 aromatic rings. The normalized spacial score (nSPS) is 41.2. The Kier molecular flexibility index (Phi) is 7.43. The van der Waals surface area contributed by atoms with Crippen molar-refractivity contribution in [3.05, 3.63) is 11.6 Å². The summed E-state index contributed by atoms with van der Waals surface area (Å²) in [6.07, 6.45) is 17.2. The van der Waals surface area contributed by atoms with Crippen LogP contribution in [0.1, 0.15) is 119 Å². The van der Waals surface area contributed by atoms with E-state index in [9.17, 15) is 4.79 Å². The van der Waals surface area contributed by atoms with E-state index in [1.807, 2.05) is 13.8 Å². The van der Waals surface area contributed by atoms with Crippen LogP contribution < -0.4 is 0 Å². The SMILES string of the molecule is CC(C)CCC[C@@H](C)[C@H]1CCC2C3CC=C4CC(OC(=O)C(C)C)CC[C@]4(C)C3CC[C@@]21C. The van der Waals surface area contributed by atoms with Crippen LogP contribution in [0.3, 0.4) is 0 Å². The molecular formula is C31H52O2. The van der Waals surface area contributed by atoms with Crippen LogP contribution in [0.2, 0.25) is 0 Å². The smallest absolute Gasteiger partial charge is 0.308 e. The molecule has 8 atom stereocenters. The number of carbonyl (C=O) groups is 1. The molecule has 0 aromatic heterocycles. The zero-order valence-corrected chi connectivity index (χ0v) is 22.8. The lowest BCUT2D eigenvalue weighted by Crippen LogP contribution is -2.51. The predicted octanol–water partition coefficient (Wildman–Crippen LogP) is 8.60. The van der Waals surface area contributed by atoms with Crippen molar-refractivity contribution in [2.75, 3.05) is 0 Å². The molecule has 4 aliphatic rings. The summed E-state index contributed by atoms with van der Waals surface area (Å²) in [5.41, 5.74) is 2.52. The molecule has 2 nitrogen and oxygen atoms in total. The van der Waals surface area contributed by atoms with Crippen molar-refractivity contribution < 1.29 is 9.53 Å². The van der Waals surface area contributed by atoms with Crippen LogP contribution in [-0.4, -0.2) is 12.1 Å². The van der Waals surface area contributed by atoms with Gasteiger partial charge in [0.2, 0.25) is 0 Å². The van der Waals surface area contributed by atoms with Crippen LogP contribution in [-0.2, 0) is 9.53 Å². The lowest BCUT2D eigenvalue weighted by Gasteiger charge is -2.58. The lowest BCUT2D eigenvalue weighted by molar-refractivity contribution is -0.155. The Balaban J connectivity index is 1.45. The molecule has 4 aliphatic carbocycles. The Morgan fingerprint density at radius 3 is 2.45 bits per heavy atom. The summed E-state index contributed by atoms with van der Waals surface area (Å²) in [4.78, 5) is 12.2. The van der Waals surface area contributed by atoms with E-state index < -0.39 is 0 Å². The number of allylic oxidation sites excluding steroid dienone is 1. The van der Waals surface area contributed by atoms with Crippen molar-refractivity contribution in [1.82, 2.24) is 0 Å². The fourth-order valence-electron chi connectivity index (χ4n) is 9.05. The van der Waals surface area contributed by atoms with Gasteiger partial charge in [-0.05, 0) is 91.3 Å². The van der Waals surface area contributed by atoms with Gasteiger partial charge in [0.05, 0.1) is 5.92 Å². The number of hydrogen-bond acceptors (Lipinski definition) is 2. The van der Waals surface area contributed by atoms with Crippen molar-refractivity contribution in [1.29, 1.82) is 0 Å². The molecule has 0 bridgehead atoms. The molecule has 0 aromatic carbocycles. The highest BCUT2D eigenvalue weighted by atomic mass is 16.5. The molecule has 0 aliphatic heterocycles. The Morgan fingerprint density at radius 2 is 1.76 bits per heavy atom. The molecule has 0 radical (unpaired) electrons. The molecule has 0 saturated heterocycles. The van der Waals surface area contributed by atoms with E-state index in [-0.39, 0.29) is 18.0 Å². The third-order valence-electron chi connectivity index (χ3n) is 11.0. The van der Waals surface area contributed by atoms with Gasteiger partial charge in [-0.15, -0.1) is 0 Å².